The van der Waals surface area contributed by atoms with Gasteiger partial charge in [0.1, 0.15) is 6.04 Å². The average molecular weight is 565 g/mol. The van der Waals surface area contributed by atoms with Crippen LogP contribution in [0.1, 0.15) is 57.7 Å². The minimum Gasteiger partial charge on any atom is -0.490 e. The van der Waals surface area contributed by atoms with Crippen LogP contribution in [0.15, 0.2) is 72.8 Å². The van der Waals surface area contributed by atoms with Crippen LogP contribution in [0.4, 0.5) is 0 Å². The lowest BCUT2D eigenvalue weighted by Gasteiger charge is -2.34. The van der Waals surface area contributed by atoms with Gasteiger partial charge in [0.15, 0.2) is 11.5 Å². The summed E-state index contributed by atoms with van der Waals surface area (Å²) in [6.07, 6.45) is 1.10. The highest BCUT2D eigenvalue weighted by atomic mass is 35.5. The first kappa shape index (κ1) is 31.0. The van der Waals surface area contributed by atoms with Crippen molar-refractivity contribution in [2.24, 2.45) is 0 Å². The first-order chi connectivity index (χ1) is 19.1. The number of nitrogens with one attached hydrogen (secondary N) is 1. The zero-order valence-corrected chi connectivity index (χ0v) is 25.0. The zero-order valence-electron chi connectivity index (χ0n) is 24.2. The number of rotatable bonds is 13. The van der Waals surface area contributed by atoms with Crippen LogP contribution in [-0.2, 0) is 29.0 Å². The number of benzene rings is 3. The number of hydrogen-bond donors (Lipinski definition) is 1. The quantitative estimate of drug-likeness (QED) is 0.253. The van der Waals surface area contributed by atoms with Gasteiger partial charge < -0.3 is 19.7 Å². The predicted molar refractivity (Wildman–Crippen MR) is 161 cm³/mol. The fourth-order valence-corrected chi connectivity index (χ4v) is 4.66. The Bertz CT molecular complexity index is 1260. The van der Waals surface area contributed by atoms with Crippen molar-refractivity contribution in [2.75, 3.05) is 13.2 Å². The molecule has 40 heavy (non-hydrogen) atoms. The van der Waals surface area contributed by atoms with Crippen molar-refractivity contribution in [3.63, 3.8) is 0 Å². The number of aryl methyl sites for hydroxylation is 1. The van der Waals surface area contributed by atoms with E-state index in [0.29, 0.717) is 42.6 Å². The first-order valence-corrected chi connectivity index (χ1v) is 14.3. The molecule has 1 unspecified atom stereocenters. The number of nitrogens with zero attached hydrogens (tertiary/aromatic N) is 1. The molecule has 0 saturated carbocycles. The normalized spacial score (nSPS) is 11.9. The molecular weight excluding hydrogens is 524 g/mol. The Morgan fingerprint density at radius 2 is 1.52 bits per heavy atom. The van der Waals surface area contributed by atoms with Crippen molar-refractivity contribution in [1.29, 1.82) is 0 Å². The molecule has 0 aromatic heterocycles. The van der Waals surface area contributed by atoms with E-state index in [1.165, 1.54) is 0 Å². The Kier molecular flexibility index (Phi) is 11.4. The lowest BCUT2D eigenvalue weighted by molar-refractivity contribution is -0.141. The van der Waals surface area contributed by atoms with Gasteiger partial charge in [0.25, 0.3) is 0 Å². The Morgan fingerprint density at radius 1 is 0.875 bits per heavy atom. The molecule has 214 valence electrons. The molecular formula is C33H41ClN2O4. The van der Waals surface area contributed by atoms with Crippen molar-refractivity contribution in [2.45, 2.75) is 72.0 Å². The molecule has 0 aliphatic heterocycles. The van der Waals surface area contributed by atoms with Gasteiger partial charge in [-0.2, -0.15) is 0 Å². The zero-order chi connectivity index (χ0) is 29.1. The first-order valence-electron chi connectivity index (χ1n) is 13.9. The van der Waals surface area contributed by atoms with E-state index >= 15 is 0 Å². The second kappa shape index (κ2) is 14.8. The van der Waals surface area contributed by atoms with E-state index in [0.717, 1.165) is 16.7 Å². The number of amides is 2. The van der Waals surface area contributed by atoms with Gasteiger partial charge in [0.2, 0.25) is 11.8 Å². The van der Waals surface area contributed by atoms with Crippen LogP contribution in [0.3, 0.4) is 0 Å². The van der Waals surface area contributed by atoms with Gasteiger partial charge in [-0.25, -0.2) is 0 Å². The van der Waals surface area contributed by atoms with Gasteiger partial charge in [-0.3, -0.25) is 9.59 Å². The minimum absolute atomic E-state index is 0.128. The third-order valence-corrected chi connectivity index (χ3v) is 6.67. The lowest BCUT2D eigenvalue weighted by atomic mass is 9.99. The molecule has 0 saturated heterocycles. The standard InChI is InChI=1S/C33H41ClN2O4/c1-6-39-29-19-17-25(22-30(29)40-7-2)18-20-31(37)36(23-26-15-11-12-16-27(26)34)28(32(38)35-33(3,4)5)21-24-13-9-8-10-14-24/h8-17,19,22,28H,6-7,18,20-21,23H2,1-5H3,(H,35,38). The molecule has 3 aromatic carbocycles. The molecule has 0 aliphatic carbocycles. The van der Waals surface area contributed by atoms with Gasteiger partial charge in [-0.15, -0.1) is 0 Å². The molecule has 1 atom stereocenters. The number of ether oxygens (including phenoxy) is 2. The summed E-state index contributed by atoms with van der Waals surface area (Å²) in [6.45, 7) is 10.9. The smallest absolute Gasteiger partial charge is 0.243 e. The predicted octanol–water partition coefficient (Wildman–Crippen LogP) is 6.62. The van der Waals surface area contributed by atoms with Gasteiger partial charge in [-0.1, -0.05) is 66.2 Å². The van der Waals surface area contributed by atoms with E-state index < -0.39 is 11.6 Å². The van der Waals surface area contributed by atoms with Crippen molar-refractivity contribution in [1.82, 2.24) is 10.2 Å². The van der Waals surface area contributed by atoms with Gasteiger partial charge in [0.05, 0.1) is 13.2 Å². The van der Waals surface area contributed by atoms with Crippen LogP contribution in [0.25, 0.3) is 0 Å². The van der Waals surface area contributed by atoms with Crippen LogP contribution < -0.4 is 14.8 Å². The van der Waals surface area contributed by atoms with Crippen LogP contribution in [0.5, 0.6) is 11.5 Å². The summed E-state index contributed by atoms with van der Waals surface area (Å²) in [4.78, 5) is 29.3. The molecule has 0 radical (unpaired) electrons. The monoisotopic (exact) mass is 564 g/mol. The average Bonchev–Trinajstić information content (AvgIpc) is 2.91. The van der Waals surface area contributed by atoms with Crippen LogP contribution in [0.2, 0.25) is 5.02 Å². The third kappa shape index (κ3) is 9.30. The summed E-state index contributed by atoms with van der Waals surface area (Å²) in [6, 6.07) is 22.3. The molecule has 3 aromatic rings. The van der Waals surface area contributed by atoms with Crippen molar-refractivity contribution >= 4 is 23.4 Å². The summed E-state index contributed by atoms with van der Waals surface area (Å²) in [7, 11) is 0. The summed E-state index contributed by atoms with van der Waals surface area (Å²) < 4.78 is 11.5. The molecule has 0 bridgehead atoms. The fraction of sp³-hybridized carbons (Fsp3) is 0.394. The van der Waals surface area contributed by atoms with Crippen LogP contribution in [0, 0.1) is 0 Å². The number of hydrogen-bond acceptors (Lipinski definition) is 4. The van der Waals surface area contributed by atoms with E-state index in [9.17, 15) is 9.59 Å². The van der Waals surface area contributed by atoms with Crippen LogP contribution in [-0.4, -0.2) is 41.5 Å². The second-order valence-corrected chi connectivity index (χ2v) is 11.1. The van der Waals surface area contributed by atoms with Crippen molar-refractivity contribution < 1.29 is 19.1 Å². The maximum atomic E-state index is 14.0. The highest BCUT2D eigenvalue weighted by molar-refractivity contribution is 6.31. The molecule has 2 amide bonds. The Labute approximate surface area is 243 Å². The lowest BCUT2D eigenvalue weighted by Crippen LogP contribution is -2.54. The summed E-state index contributed by atoms with van der Waals surface area (Å²) >= 11 is 6.52. The SMILES string of the molecule is CCOc1ccc(CCC(=O)N(Cc2ccccc2Cl)C(Cc2ccccc2)C(=O)NC(C)(C)C)cc1OCC. The molecule has 0 heterocycles. The molecule has 6 nitrogen and oxygen atoms in total. The van der Waals surface area contributed by atoms with E-state index in [1.54, 1.807) is 11.0 Å². The molecule has 3 rings (SSSR count). The highest BCUT2D eigenvalue weighted by Gasteiger charge is 2.32. The van der Waals surface area contributed by atoms with E-state index in [2.05, 4.69) is 5.32 Å². The number of carbonyl (C=O) groups excluding carboxylic acids is 2. The molecule has 0 aliphatic rings. The summed E-state index contributed by atoms with van der Waals surface area (Å²) in [5, 5.41) is 3.65. The largest absolute Gasteiger partial charge is 0.490 e. The Balaban J connectivity index is 1.93. The summed E-state index contributed by atoms with van der Waals surface area (Å²) in [5.74, 6) is 1.02. The second-order valence-electron chi connectivity index (χ2n) is 10.7. The van der Waals surface area contributed by atoms with Gasteiger partial charge in [0, 0.05) is 29.9 Å². The third-order valence-electron chi connectivity index (χ3n) is 6.30. The molecule has 0 fully saturated rings. The van der Waals surface area contributed by atoms with Crippen molar-refractivity contribution in [3.05, 3.63) is 94.5 Å². The van der Waals surface area contributed by atoms with E-state index in [-0.39, 0.29) is 24.8 Å². The fourth-order valence-electron chi connectivity index (χ4n) is 4.46. The Hall–Kier alpha value is -3.51. The van der Waals surface area contributed by atoms with E-state index in [1.807, 2.05) is 101 Å². The topological polar surface area (TPSA) is 67.9 Å². The number of carbonyl (C=O) groups is 2. The maximum absolute atomic E-state index is 14.0. The van der Waals surface area contributed by atoms with E-state index in [4.69, 9.17) is 21.1 Å². The highest BCUT2D eigenvalue weighted by Crippen LogP contribution is 2.29. The number of halogens is 1. The van der Waals surface area contributed by atoms with Crippen LogP contribution >= 0.6 is 11.6 Å². The molecule has 7 heteroatoms. The Morgan fingerprint density at radius 3 is 2.17 bits per heavy atom. The minimum atomic E-state index is -0.718. The summed E-state index contributed by atoms with van der Waals surface area (Å²) in [5.41, 5.74) is 2.26. The molecule has 0 spiro atoms. The maximum Gasteiger partial charge on any atom is 0.243 e. The van der Waals surface area contributed by atoms with Gasteiger partial charge >= 0.3 is 0 Å². The van der Waals surface area contributed by atoms with Crippen molar-refractivity contribution in [3.8, 4) is 11.5 Å². The van der Waals surface area contributed by atoms with Gasteiger partial charge in [-0.05, 0) is 75.9 Å². The molecule has 1 N–H and O–H groups in total.